The molecule has 8 heteroatoms. The van der Waals surface area contributed by atoms with Gasteiger partial charge in [0.2, 0.25) is 0 Å². The van der Waals surface area contributed by atoms with Crippen LogP contribution in [0.5, 0.6) is 11.5 Å². The van der Waals surface area contributed by atoms with Crippen LogP contribution in [0.4, 0.5) is 0 Å². The molecular formula is C20H27N5O3. The molecule has 28 heavy (non-hydrogen) atoms. The standard InChI is InChI=1S/C20H27N5O3/c1-14-3-4-16(17(11-14)27-2)28-13-19(26)24-8-5-15(6-9-24)20-23-22-18-12-21-7-10-25(18)20/h3-4,11,15,21H,5-10,12-13H2,1-2H3. The van der Waals surface area contributed by atoms with Crippen LogP contribution in [0.3, 0.4) is 0 Å². The van der Waals surface area contributed by atoms with Crippen molar-refractivity contribution in [1.29, 1.82) is 0 Å². The molecule has 1 amide bonds. The van der Waals surface area contributed by atoms with Gasteiger partial charge in [0.05, 0.1) is 13.7 Å². The topological polar surface area (TPSA) is 81.5 Å². The predicted molar refractivity (Wildman–Crippen MR) is 104 cm³/mol. The number of amides is 1. The van der Waals surface area contributed by atoms with Gasteiger partial charge >= 0.3 is 0 Å². The number of rotatable bonds is 5. The van der Waals surface area contributed by atoms with Crippen molar-refractivity contribution in [3.05, 3.63) is 35.4 Å². The van der Waals surface area contributed by atoms with E-state index in [0.29, 0.717) is 17.4 Å². The summed E-state index contributed by atoms with van der Waals surface area (Å²) in [5.41, 5.74) is 1.09. The Hall–Kier alpha value is -2.61. The molecule has 3 heterocycles. The quantitative estimate of drug-likeness (QED) is 0.840. The number of fused-ring (bicyclic) bond motifs is 1. The summed E-state index contributed by atoms with van der Waals surface area (Å²) in [6.45, 7) is 6.11. The molecule has 4 rings (SSSR count). The minimum Gasteiger partial charge on any atom is -0.493 e. The Kier molecular flexibility index (Phi) is 5.47. The highest BCUT2D eigenvalue weighted by molar-refractivity contribution is 5.78. The number of ether oxygens (including phenoxy) is 2. The first-order valence-electron chi connectivity index (χ1n) is 9.83. The highest BCUT2D eigenvalue weighted by Crippen LogP contribution is 2.29. The molecule has 150 valence electrons. The number of hydrogen-bond donors (Lipinski definition) is 1. The Morgan fingerprint density at radius 2 is 2.04 bits per heavy atom. The van der Waals surface area contributed by atoms with Gasteiger partial charge < -0.3 is 24.3 Å². The maximum Gasteiger partial charge on any atom is 0.260 e. The van der Waals surface area contributed by atoms with Gasteiger partial charge in [0.1, 0.15) is 11.6 Å². The second-order valence-electron chi connectivity index (χ2n) is 7.40. The van der Waals surface area contributed by atoms with Crippen molar-refractivity contribution in [1.82, 2.24) is 25.0 Å². The molecule has 0 saturated carbocycles. The first-order chi connectivity index (χ1) is 13.7. The normalized spacial score (nSPS) is 17.3. The van der Waals surface area contributed by atoms with E-state index in [-0.39, 0.29) is 12.5 Å². The average molecular weight is 385 g/mol. The van der Waals surface area contributed by atoms with Crippen molar-refractivity contribution in [3.63, 3.8) is 0 Å². The maximum absolute atomic E-state index is 12.6. The number of aromatic nitrogens is 3. The number of aryl methyl sites for hydroxylation is 1. The fraction of sp³-hybridized carbons (Fsp3) is 0.550. The van der Waals surface area contributed by atoms with Gasteiger partial charge in [-0.25, -0.2) is 0 Å². The van der Waals surface area contributed by atoms with Crippen molar-refractivity contribution in [2.75, 3.05) is 33.4 Å². The minimum atomic E-state index is 0.00792. The van der Waals surface area contributed by atoms with Crippen LogP contribution in [0, 0.1) is 6.92 Å². The monoisotopic (exact) mass is 385 g/mol. The van der Waals surface area contributed by atoms with Crippen molar-refractivity contribution >= 4 is 5.91 Å². The number of carbonyl (C=O) groups is 1. The molecule has 1 aromatic carbocycles. The van der Waals surface area contributed by atoms with Crippen LogP contribution in [0.1, 0.15) is 36.0 Å². The van der Waals surface area contributed by atoms with Crippen LogP contribution >= 0.6 is 0 Å². The zero-order valence-corrected chi connectivity index (χ0v) is 16.5. The van der Waals surface area contributed by atoms with E-state index in [1.807, 2.05) is 30.0 Å². The fourth-order valence-electron chi connectivity index (χ4n) is 3.93. The Balaban J connectivity index is 1.31. The third-order valence-corrected chi connectivity index (χ3v) is 5.53. The van der Waals surface area contributed by atoms with Gasteiger partial charge in [0.25, 0.3) is 5.91 Å². The number of methoxy groups -OCH3 is 1. The van der Waals surface area contributed by atoms with E-state index in [9.17, 15) is 4.79 Å². The molecule has 1 aromatic heterocycles. The molecule has 1 fully saturated rings. The van der Waals surface area contributed by atoms with E-state index in [0.717, 1.165) is 62.8 Å². The van der Waals surface area contributed by atoms with Gasteiger partial charge in [-0.2, -0.15) is 0 Å². The summed E-state index contributed by atoms with van der Waals surface area (Å²) in [6, 6.07) is 5.69. The van der Waals surface area contributed by atoms with Crippen LogP contribution in [-0.2, 0) is 17.9 Å². The molecule has 2 aliphatic heterocycles. The number of nitrogens with one attached hydrogen (secondary N) is 1. The molecule has 0 bridgehead atoms. The van der Waals surface area contributed by atoms with E-state index in [1.54, 1.807) is 7.11 Å². The Labute approximate surface area is 164 Å². The number of piperidine rings is 1. The van der Waals surface area contributed by atoms with Gasteiger partial charge in [0, 0.05) is 32.1 Å². The zero-order chi connectivity index (χ0) is 19.5. The summed E-state index contributed by atoms with van der Waals surface area (Å²) in [5, 5.41) is 12.1. The smallest absolute Gasteiger partial charge is 0.260 e. The van der Waals surface area contributed by atoms with Crippen LogP contribution in [0.2, 0.25) is 0 Å². The van der Waals surface area contributed by atoms with Gasteiger partial charge in [-0.3, -0.25) is 4.79 Å². The lowest BCUT2D eigenvalue weighted by molar-refractivity contribution is -0.134. The molecule has 8 nitrogen and oxygen atoms in total. The van der Waals surface area contributed by atoms with Gasteiger partial charge in [-0.05, 0) is 37.5 Å². The van der Waals surface area contributed by atoms with Crippen LogP contribution in [-0.4, -0.2) is 58.9 Å². The summed E-state index contributed by atoms with van der Waals surface area (Å²) in [4.78, 5) is 14.5. The summed E-state index contributed by atoms with van der Waals surface area (Å²) < 4.78 is 13.3. The molecule has 0 atom stereocenters. The lowest BCUT2D eigenvalue weighted by Gasteiger charge is -2.32. The molecule has 0 unspecified atom stereocenters. The zero-order valence-electron chi connectivity index (χ0n) is 16.5. The first-order valence-corrected chi connectivity index (χ1v) is 9.83. The Morgan fingerprint density at radius 3 is 2.82 bits per heavy atom. The van der Waals surface area contributed by atoms with Crippen molar-refractivity contribution in [2.24, 2.45) is 0 Å². The Bertz CT molecular complexity index is 842. The van der Waals surface area contributed by atoms with Crippen molar-refractivity contribution in [3.8, 4) is 11.5 Å². The van der Waals surface area contributed by atoms with Crippen LogP contribution < -0.4 is 14.8 Å². The van der Waals surface area contributed by atoms with E-state index in [1.165, 1.54) is 0 Å². The third-order valence-electron chi connectivity index (χ3n) is 5.53. The molecular weight excluding hydrogens is 358 g/mol. The van der Waals surface area contributed by atoms with E-state index < -0.39 is 0 Å². The lowest BCUT2D eigenvalue weighted by Crippen LogP contribution is -2.41. The molecule has 0 spiro atoms. The van der Waals surface area contributed by atoms with Gasteiger partial charge in [-0.15, -0.1) is 10.2 Å². The van der Waals surface area contributed by atoms with Crippen LogP contribution in [0.15, 0.2) is 18.2 Å². The second-order valence-corrected chi connectivity index (χ2v) is 7.40. The number of hydrogen-bond acceptors (Lipinski definition) is 6. The predicted octanol–water partition coefficient (Wildman–Crippen LogP) is 1.48. The largest absolute Gasteiger partial charge is 0.493 e. The molecule has 1 saturated heterocycles. The van der Waals surface area contributed by atoms with Crippen molar-refractivity contribution in [2.45, 2.75) is 38.8 Å². The lowest BCUT2D eigenvalue weighted by atomic mass is 9.95. The molecule has 1 N–H and O–H groups in total. The number of benzene rings is 1. The first kappa shape index (κ1) is 18.7. The fourth-order valence-corrected chi connectivity index (χ4v) is 3.93. The number of nitrogens with zero attached hydrogens (tertiary/aromatic N) is 4. The SMILES string of the molecule is COc1cc(C)ccc1OCC(=O)N1CCC(c2nnc3n2CCNC3)CC1. The summed E-state index contributed by atoms with van der Waals surface area (Å²) in [5.74, 6) is 3.71. The van der Waals surface area contributed by atoms with Gasteiger partial charge in [0.15, 0.2) is 18.1 Å². The average Bonchev–Trinajstić information content (AvgIpc) is 3.17. The minimum absolute atomic E-state index is 0.00792. The number of likely N-dealkylation sites (tertiary alicyclic amines) is 1. The van der Waals surface area contributed by atoms with Crippen LogP contribution in [0.25, 0.3) is 0 Å². The molecule has 2 aliphatic rings. The second kappa shape index (κ2) is 8.18. The summed E-state index contributed by atoms with van der Waals surface area (Å²) in [7, 11) is 1.60. The molecule has 2 aromatic rings. The van der Waals surface area contributed by atoms with E-state index >= 15 is 0 Å². The Morgan fingerprint density at radius 1 is 1.21 bits per heavy atom. The highest BCUT2D eigenvalue weighted by atomic mass is 16.5. The number of carbonyl (C=O) groups excluding carboxylic acids is 1. The third kappa shape index (κ3) is 3.82. The highest BCUT2D eigenvalue weighted by Gasteiger charge is 2.29. The summed E-state index contributed by atoms with van der Waals surface area (Å²) >= 11 is 0. The van der Waals surface area contributed by atoms with Gasteiger partial charge in [-0.1, -0.05) is 6.07 Å². The molecule has 0 radical (unpaired) electrons. The van der Waals surface area contributed by atoms with E-state index in [2.05, 4.69) is 20.1 Å². The maximum atomic E-state index is 12.6. The van der Waals surface area contributed by atoms with Crippen molar-refractivity contribution < 1.29 is 14.3 Å². The molecule has 0 aliphatic carbocycles. The summed E-state index contributed by atoms with van der Waals surface area (Å²) in [6.07, 6.45) is 1.82. The van der Waals surface area contributed by atoms with E-state index in [4.69, 9.17) is 9.47 Å².